The minimum absolute atomic E-state index is 0.193. The molecule has 0 spiro atoms. The number of anilines is 1. The highest BCUT2D eigenvalue weighted by Gasteiger charge is 2.18. The number of aryl methyl sites for hydroxylation is 2. The summed E-state index contributed by atoms with van der Waals surface area (Å²) in [5.41, 5.74) is 5.92. The Morgan fingerprint density at radius 1 is 0.895 bits per heavy atom. The van der Waals surface area contributed by atoms with Gasteiger partial charge in [-0.25, -0.2) is 9.71 Å². The van der Waals surface area contributed by atoms with E-state index in [4.69, 9.17) is 11.6 Å². The van der Waals surface area contributed by atoms with E-state index in [2.05, 4.69) is 14.4 Å². The topological polar surface area (TPSA) is 93.1 Å². The van der Waals surface area contributed by atoms with Crippen molar-refractivity contribution in [1.82, 2.24) is 14.3 Å². The highest BCUT2D eigenvalue weighted by molar-refractivity contribution is 7.91. The third kappa shape index (κ3) is 5.56. The first-order chi connectivity index (χ1) is 18.2. The van der Waals surface area contributed by atoms with Crippen LogP contribution in [0.5, 0.6) is 0 Å². The molecule has 9 heteroatoms. The fourth-order valence-electron chi connectivity index (χ4n) is 4.22. The third-order valence-electron chi connectivity index (χ3n) is 6.22. The lowest BCUT2D eigenvalue weighted by Crippen LogP contribution is -2.35. The van der Waals surface area contributed by atoms with Crippen LogP contribution in [0.4, 0.5) is 5.69 Å². The first-order valence-corrected chi connectivity index (χ1v) is 13.8. The molecule has 0 aliphatic rings. The van der Waals surface area contributed by atoms with Crippen LogP contribution in [-0.4, -0.2) is 23.9 Å². The van der Waals surface area contributed by atoms with Crippen molar-refractivity contribution in [2.24, 2.45) is 0 Å². The molecule has 2 N–H and O–H groups in total. The van der Waals surface area contributed by atoms with E-state index in [1.807, 2.05) is 66.9 Å². The van der Waals surface area contributed by atoms with E-state index >= 15 is 0 Å². The minimum atomic E-state index is -4.12. The maximum atomic E-state index is 12.9. The standard InChI is InChI=1S/C29H25ClN4O3S/c1-19-8-13-25(14-9-19)32-38(36,37)33-29(35)23-12-15-27-28(17-23)34(20(2)31-27)18-24-11-10-22(16-26(24)30)21-6-4-3-5-7-21/h3-17,32H,18H2,1-2H3,(H,33,35). The molecule has 1 aromatic heterocycles. The zero-order valence-electron chi connectivity index (χ0n) is 20.8. The lowest BCUT2D eigenvalue weighted by atomic mass is 10.0. The Balaban J connectivity index is 1.39. The van der Waals surface area contributed by atoms with Gasteiger partial charge in [0, 0.05) is 10.6 Å². The van der Waals surface area contributed by atoms with Gasteiger partial charge < -0.3 is 4.57 Å². The maximum absolute atomic E-state index is 12.9. The normalized spacial score (nSPS) is 11.4. The van der Waals surface area contributed by atoms with E-state index < -0.39 is 16.1 Å². The number of nitrogens with one attached hydrogen (secondary N) is 2. The number of fused-ring (bicyclic) bond motifs is 1. The Kier molecular flexibility index (Phi) is 6.93. The number of carbonyl (C=O) groups excluding carboxylic acids is 1. The quantitative estimate of drug-likeness (QED) is 0.258. The zero-order chi connectivity index (χ0) is 26.9. The molecular weight excluding hydrogens is 520 g/mol. The Morgan fingerprint density at radius 3 is 2.34 bits per heavy atom. The second kappa shape index (κ2) is 10.3. The summed E-state index contributed by atoms with van der Waals surface area (Å²) in [6, 6.07) is 27.6. The van der Waals surface area contributed by atoms with E-state index in [9.17, 15) is 13.2 Å². The second-order valence-electron chi connectivity index (χ2n) is 9.02. The molecule has 1 amide bonds. The number of nitrogens with zero attached hydrogens (tertiary/aromatic N) is 2. The lowest BCUT2D eigenvalue weighted by Gasteiger charge is -2.12. The second-order valence-corrected chi connectivity index (χ2v) is 10.8. The van der Waals surface area contributed by atoms with Crippen LogP contribution in [0.15, 0.2) is 91.0 Å². The van der Waals surface area contributed by atoms with Gasteiger partial charge in [0.15, 0.2) is 0 Å². The number of hydrogen-bond acceptors (Lipinski definition) is 4. The summed E-state index contributed by atoms with van der Waals surface area (Å²) in [5, 5.41) is 0.620. The molecule has 38 heavy (non-hydrogen) atoms. The van der Waals surface area contributed by atoms with Crippen LogP contribution in [-0.2, 0) is 16.8 Å². The first kappa shape index (κ1) is 25.5. The van der Waals surface area contributed by atoms with Gasteiger partial charge in [-0.05, 0) is 66.9 Å². The summed E-state index contributed by atoms with van der Waals surface area (Å²) in [4.78, 5) is 17.5. The molecule has 0 atom stereocenters. The van der Waals surface area contributed by atoms with Crippen molar-refractivity contribution >= 4 is 44.4 Å². The third-order valence-corrected chi connectivity index (χ3v) is 7.53. The Hall–Kier alpha value is -4.14. The number of rotatable bonds is 7. The van der Waals surface area contributed by atoms with Crippen molar-refractivity contribution in [3.8, 4) is 11.1 Å². The molecule has 0 aliphatic carbocycles. The highest BCUT2D eigenvalue weighted by Crippen LogP contribution is 2.28. The van der Waals surface area contributed by atoms with E-state index in [-0.39, 0.29) is 5.56 Å². The summed E-state index contributed by atoms with van der Waals surface area (Å²) in [7, 11) is -4.12. The predicted octanol–water partition coefficient (Wildman–Crippen LogP) is 6.11. The smallest absolute Gasteiger partial charge is 0.323 e. The van der Waals surface area contributed by atoms with Crippen molar-refractivity contribution in [3.05, 3.63) is 119 Å². The average Bonchev–Trinajstić information content (AvgIpc) is 3.20. The molecule has 0 radical (unpaired) electrons. The van der Waals surface area contributed by atoms with E-state index in [0.717, 1.165) is 28.1 Å². The molecule has 7 nitrogen and oxygen atoms in total. The Bertz CT molecular complexity index is 1750. The van der Waals surface area contributed by atoms with Gasteiger partial charge in [0.05, 0.1) is 23.3 Å². The predicted molar refractivity (Wildman–Crippen MR) is 152 cm³/mol. The van der Waals surface area contributed by atoms with Gasteiger partial charge in [-0.1, -0.05) is 71.8 Å². The van der Waals surface area contributed by atoms with Crippen LogP contribution in [0.25, 0.3) is 22.2 Å². The monoisotopic (exact) mass is 544 g/mol. The summed E-state index contributed by atoms with van der Waals surface area (Å²) in [6.45, 7) is 4.22. The summed E-state index contributed by atoms with van der Waals surface area (Å²) < 4.78 is 31.5. The highest BCUT2D eigenvalue weighted by atomic mass is 35.5. The SMILES string of the molecule is Cc1ccc(NS(=O)(=O)NC(=O)c2ccc3nc(C)n(Cc4ccc(-c5ccccc5)cc4Cl)c3c2)cc1. The first-order valence-electron chi connectivity index (χ1n) is 11.9. The molecule has 192 valence electrons. The summed E-state index contributed by atoms with van der Waals surface area (Å²) in [5.74, 6) is -0.00317. The number of imidazole rings is 1. The molecule has 0 bridgehead atoms. The van der Waals surface area contributed by atoms with Crippen LogP contribution in [0.2, 0.25) is 5.02 Å². The molecule has 1 heterocycles. The molecule has 0 unspecified atom stereocenters. The number of amides is 1. The van der Waals surface area contributed by atoms with Crippen LogP contribution >= 0.6 is 11.6 Å². The number of aromatic nitrogens is 2. The van der Waals surface area contributed by atoms with Crippen molar-refractivity contribution in [3.63, 3.8) is 0 Å². The van der Waals surface area contributed by atoms with Crippen LogP contribution < -0.4 is 9.44 Å². The molecular formula is C29H25ClN4O3S. The van der Waals surface area contributed by atoms with Crippen molar-refractivity contribution < 1.29 is 13.2 Å². The fraction of sp³-hybridized carbons (Fsp3) is 0.103. The van der Waals surface area contributed by atoms with Crippen molar-refractivity contribution in [2.75, 3.05) is 4.72 Å². The van der Waals surface area contributed by atoms with Gasteiger partial charge in [-0.2, -0.15) is 8.42 Å². The molecule has 5 rings (SSSR count). The van der Waals surface area contributed by atoms with Gasteiger partial charge in [0.25, 0.3) is 5.91 Å². The van der Waals surface area contributed by atoms with Crippen LogP contribution in [0.3, 0.4) is 0 Å². The molecule has 4 aromatic carbocycles. The number of halogens is 1. The molecule has 0 saturated heterocycles. The van der Waals surface area contributed by atoms with Gasteiger partial charge in [-0.3, -0.25) is 9.52 Å². The molecule has 0 fully saturated rings. The number of hydrogen-bond donors (Lipinski definition) is 2. The Morgan fingerprint density at radius 2 is 1.63 bits per heavy atom. The number of benzene rings is 4. The maximum Gasteiger partial charge on any atom is 0.323 e. The van der Waals surface area contributed by atoms with Gasteiger partial charge in [0.1, 0.15) is 5.82 Å². The lowest BCUT2D eigenvalue weighted by molar-refractivity contribution is 0.0981. The van der Waals surface area contributed by atoms with Crippen LogP contribution in [0, 0.1) is 13.8 Å². The minimum Gasteiger partial charge on any atom is -0.324 e. The molecule has 0 saturated carbocycles. The van der Waals surface area contributed by atoms with Crippen molar-refractivity contribution in [1.29, 1.82) is 0 Å². The van der Waals surface area contributed by atoms with E-state index in [1.165, 1.54) is 0 Å². The van der Waals surface area contributed by atoms with Crippen LogP contribution in [0.1, 0.15) is 27.3 Å². The Labute approximate surface area is 226 Å². The van der Waals surface area contributed by atoms with Gasteiger partial charge >= 0.3 is 10.2 Å². The summed E-state index contributed by atoms with van der Waals surface area (Å²) in [6.07, 6.45) is 0. The zero-order valence-corrected chi connectivity index (χ0v) is 22.3. The average molecular weight is 545 g/mol. The summed E-state index contributed by atoms with van der Waals surface area (Å²) >= 11 is 6.66. The molecule has 5 aromatic rings. The molecule has 0 aliphatic heterocycles. The van der Waals surface area contributed by atoms with Gasteiger partial charge in [-0.15, -0.1) is 0 Å². The van der Waals surface area contributed by atoms with E-state index in [0.29, 0.717) is 28.3 Å². The largest absolute Gasteiger partial charge is 0.324 e. The van der Waals surface area contributed by atoms with Gasteiger partial charge in [0.2, 0.25) is 0 Å². The fourth-order valence-corrected chi connectivity index (χ4v) is 5.32. The number of carbonyl (C=O) groups is 1. The van der Waals surface area contributed by atoms with E-state index in [1.54, 1.807) is 42.5 Å². The van der Waals surface area contributed by atoms with Crippen molar-refractivity contribution in [2.45, 2.75) is 20.4 Å².